The van der Waals surface area contributed by atoms with Crippen molar-refractivity contribution in [2.75, 3.05) is 32.2 Å². The zero-order chi connectivity index (χ0) is 19.3. The maximum absolute atomic E-state index is 5.93. The Morgan fingerprint density at radius 2 is 2.11 bits per heavy atom. The molecule has 1 aromatic carbocycles. The van der Waals surface area contributed by atoms with Crippen LogP contribution in [0, 0.1) is 0 Å². The summed E-state index contributed by atoms with van der Waals surface area (Å²) >= 11 is 1.74. The Bertz CT molecular complexity index is 888. The molecule has 7 heteroatoms. The molecule has 0 N–H and O–H groups in total. The van der Waals surface area contributed by atoms with Crippen LogP contribution in [0.25, 0.3) is 11.4 Å². The van der Waals surface area contributed by atoms with Crippen molar-refractivity contribution in [2.24, 2.45) is 0 Å². The second kappa shape index (κ2) is 8.75. The first-order chi connectivity index (χ1) is 13.8. The number of para-hydroxylation sites is 1. The van der Waals surface area contributed by atoms with E-state index in [-0.39, 0.29) is 6.10 Å². The minimum atomic E-state index is 0.250. The van der Waals surface area contributed by atoms with Crippen LogP contribution in [0.5, 0.6) is 5.75 Å². The van der Waals surface area contributed by atoms with E-state index in [1.807, 2.05) is 24.3 Å². The molecule has 1 aliphatic heterocycles. The number of benzene rings is 1. The van der Waals surface area contributed by atoms with Crippen molar-refractivity contribution in [2.45, 2.75) is 31.9 Å². The number of nitrogens with zero attached hydrogens (tertiary/aromatic N) is 4. The van der Waals surface area contributed by atoms with E-state index >= 15 is 0 Å². The van der Waals surface area contributed by atoms with Crippen LogP contribution in [0.4, 0.5) is 5.95 Å². The number of aromatic nitrogens is 3. The molecule has 0 saturated carbocycles. The summed E-state index contributed by atoms with van der Waals surface area (Å²) in [4.78, 5) is 3.43. The van der Waals surface area contributed by atoms with Gasteiger partial charge in [-0.1, -0.05) is 18.2 Å². The quantitative estimate of drug-likeness (QED) is 0.600. The first kappa shape index (κ1) is 19.0. The van der Waals surface area contributed by atoms with Crippen molar-refractivity contribution in [3.63, 3.8) is 0 Å². The third-order valence-electron chi connectivity index (χ3n) is 5.07. The van der Waals surface area contributed by atoms with E-state index in [9.17, 15) is 0 Å². The lowest BCUT2D eigenvalue weighted by atomic mass is 10.1. The van der Waals surface area contributed by atoms with Crippen molar-refractivity contribution in [1.82, 2.24) is 14.8 Å². The minimum absolute atomic E-state index is 0.250. The molecule has 0 aliphatic carbocycles. The van der Waals surface area contributed by atoms with Gasteiger partial charge in [-0.05, 0) is 42.8 Å². The second-order valence-electron chi connectivity index (χ2n) is 7.06. The number of hydrogen-bond donors (Lipinski definition) is 0. The Balaban J connectivity index is 1.68. The van der Waals surface area contributed by atoms with E-state index in [1.54, 1.807) is 18.4 Å². The summed E-state index contributed by atoms with van der Waals surface area (Å²) < 4.78 is 13.7. The summed E-state index contributed by atoms with van der Waals surface area (Å²) in [7, 11) is 3.76. The first-order valence-corrected chi connectivity index (χ1v) is 10.6. The fourth-order valence-electron chi connectivity index (χ4n) is 3.65. The molecule has 1 fully saturated rings. The highest BCUT2D eigenvalue weighted by atomic mass is 32.1. The van der Waals surface area contributed by atoms with Crippen molar-refractivity contribution in [1.29, 1.82) is 0 Å². The average molecular weight is 399 g/mol. The van der Waals surface area contributed by atoms with Crippen LogP contribution in [0.15, 0.2) is 41.8 Å². The smallest absolute Gasteiger partial charge is 0.227 e. The molecular weight excluding hydrogens is 372 g/mol. The van der Waals surface area contributed by atoms with E-state index in [0.29, 0.717) is 0 Å². The fraction of sp³-hybridized carbons (Fsp3) is 0.429. The Kier molecular flexibility index (Phi) is 5.92. The lowest BCUT2D eigenvalue weighted by Crippen LogP contribution is -2.34. The lowest BCUT2D eigenvalue weighted by molar-refractivity contribution is 0.0214. The van der Waals surface area contributed by atoms with Gasteiger partial charge in [-0.3, -0.25) is 4.57 Å². The molecule has 6 nitrogen and oxygen atoms in total. The van der Waals surface area contributed by atoms with Gasteiger partial charge in [0.15, 0.2) is 5.82 Å². The van der Waals surface area contributed by atoms with Gasteiger partial charge in [-0.25, -0.2) is 0 Å². The van der Waals surface area contributed by atoms with Crippen LogP contribution in [0.2, 0.25) is 0 Å². The van der Waals surface area contributed by atoms with Crippen LogP contribution >= 0.6 is 11.3 Å². The van der Waals surface area contributed by atoms with Crippen LogP contribution in [0.3, 0.4) is 0 Å². The molecule has 3 heterocycles. The van der Waals surface area contributed by atoms with Crippen molar-refractivity contribution in [3.8, 4) is 17.1 Å². The summed E-state index contributed by atoms with van der Waals surface area (Å²) in [6, 6.07) is 12.2. The molecule has 1 aliphatic rings. The third kappa shape index (κ3) is 4.05. The number of rotatable bonds is 7. The van der Waals surface area contributed by atoms with Gasteiger partial charge in [0.05, 0.1) is 25.3 Å². The van der Waals surface area contributed by atoms with Gasteiger partial charge in [0.1, 0.15) is 5.75 Å². The van der Waals surface area contributed by atoms with Crippen LogP contribution < -0.4 is 9.64 Å². The molecule has 1 saturated heterocycles. The van der Waals surface area contributed by atoms with Crippen molar-refractivity contribution in [3.05, 3.63) is 46.7 Å². The van der Waals surface area contributed by atoms with Gasteiger partial charge in [0, 0.05) is 25.1 Å². The molecule has 0 spiro atoms. The number of ether oxygens (including phenoxy) is 2. The van der Waals surface area contributed by atoms with Gasteiger partial charge < -0.3 is 14.4 Å². The molecule has 28 heavy (non-hydrogen) atoms. The number of methoxy groups -OCH3 is 1. The summed E-state index contributed by atoms with van der Waals surface area (Å²) in [5.74, 6) is 2.47. The third-order valence-corrected chi connectivity index (χ3v) is 5.93. The number of hydrogen-bond acceptors (Lipinski definition) is 6. The van der Waals surface area contributed by atoms with E-state index < -0.39 is 0 Å². The van der Waals surface area contributed by atoms with Crippen molar-refractivity contribution < 1.29 is 9.47 Å². The second-order valence-corrected chi connectivity index (χ2v) is 8.09. The fourth-order valence-corrected chi connectivity index (χ4v) is 4.34. The van der Waals surface area contributed by atoms with E-state index in [4.69, 9.17) is 9.47 Å². The van der Waals surface area contributed by atoms with E-state index in [0.717, 1.165) is 55.6 Å². The molecule has 4 rings (SSSR count). The topological polar surface area (TPSA) is 52.4 Å². The zero-order valence-corrected chi connectivity index (χ0v) is 17.2. The van der Waals surface area contributed by atoms with Crippen LogP contribution in [-0.2, 0) is 11.3 Å². The largest absolute Gasteiger partial charge is 0.496 e. The zero-order valence-electron chi connectivity index (χ0n) is 16.4. The number of likely N-dealkylation sites (N-methyl/N-ethyl adjacent to an activating group) is 1. The van der Waals surface area contributed by atoms with Gasteiger partial charge in [-0.2, -0.15) is 0 Å². The van der Waals surface area contributed by atoms with Gasteiger partial charge >= 0.3 is 0 Å². The van der Waals surface area contributed by atoms with Crippen LogP contribution in [0.1, 0.15) is 24.1 Å². The van der Waals surface area contributed by atoms with E-state index in [1.165, 1.54) is 11.3 Å². The first-order valence-electron chi connectivity index (χ1n) is 9.68. The summed E-state index contributed by atoms with van der Waals surface area (Å²) in [5.41, 5.74) is 0.947. The van der Waals surface area contributed by atoms with Crippen LogP contribution in [-0.4, -0.2) is 48.2 Å². The van der Waals surface area contributed by atoms with Gasteiger partial charge in [-0.15, -0.1) is 21.5 Å². The summed E-state index contributed by atoms with van der Waals surface area (Å²) in [6.45, 7) is 2.39. The highest BCUT2D eigenvalue weighted by Crippen LogP contribution is 2.31. The van der Waals surface area contributed by atoms with Gasteiger partial charge in [0.2, 0.25) is 5.95 Å². The normalized spacial score (nSPS) is 16.9. The highest BCUT2D eigenvalue weighted by Gasteiger charge is 2.23. The Morgan fingerprint density at radius 3 is 2.86 bits per heavy atom. The monoisotopic (exact) mass is 398 g/mol. The van der Waals surface area contributed by atoms with E-state index in [2.05, 4.69) is 44.2 Å². The molecule has 0 bridgehead atoms. The van der Waals surface area contributed by atoms with Crippen molar-refractivity contribution >= 4 is 17.3 Å². The Hall–Kier alpha value is -2.38. The Morgan fingerprint density at radius 1 is 1.21 bits per heavy atom. The summed E-state index contributed by atoms with van der Waals surface area (Å²) in [5, 5.41) is 11.2. The molecular formula is C21H26N4O2S. The average Bonchev–Trinajstić information content (AvgIpc) is 3.39. The lowest BCUT2D eigenvalue weighted by Gasteiger charge is -2.28. The molecule has 3 aromatic rings. The highest BCUT2D eigenvalue weighted by molar-refractivity contribution is 7.09. The summed E-state index contributed by atoms with van der Waals surface area (Å²) in [6.07, 6.45) is 3.74. The maximum Gasteiger partial charge on any atom is 0.227 e. The Labute approximate surface area is 169 Å². The molecule has 1 atom stereocenters. The SMILES string of the molecule is COc1ccccc1-c1nnc(N(C)C[C@H]2CCCCO2)n1Cc1cccs1. The molecule has 148 valence electrons. The predicted octanol–water partition coefficient (Wildman–Crippen LogP) is 4.07. The number of anilines is 1. The molecule has 2 aromatic heterocycles. The number of thiophene rings is 1. The molecule has 0 unspecified atom stereocenters. The molecule has 0 radical (unpaired) electrons. The minimum Gasteiger partial charge on any atom is -0.496 e. The standard InChI is InChI=1S/C21H26N4O2S/c1-24(14-16-8-5-6-12-27-16)21-23-22-20(18-10-3-4-11-19(18)26-2)25(21)15-17-9-7-13-28-17/h3-4,7,9-11,13,16H,5-6,8,12,14-15H2,1-2H3/t16-/m1/s1. The maximum atomic E-state index is 5.93. The van der Waals surface area contributed by atoms with Gasteiger partial charge in [0.25, 0.3) is 0 Å². The predicted molar refractivity (Wildman–Crippen MR) is 112 cm³/mol. The molecule has 0 amide bonds.